The van der Waals surface area contributed by atoms with Gasteiger partial charge in [0, 0.05) is 25.2 Å². The van der Waals surface area contributed by atoms with Gasteiger partial charge in [0.1, 0.15) is 0 Å². The van der Waals surface area contributed by atoms with E-state index in [0.29, 0.717) is 6.04 Å². The monoisotopic (exact) mass is 210 g/mol. The van der Waals surface area contributed by atoms with Crippen LogP contribution in [0.4, 0.5) is 0 Å². The molecule has 1 saturated heterocycles. The molecule has 2 rings (SSSR count). The van der Waals surface area contributed by atoms with Crippen LogP contribution in [-0.4, -0.2) is 36.6 Å². The quantitative estimate of drug-likeness (QED) is 0.723. The van der Waals surface area contributed by atoms with Gasteiger partial charge in [0.15, 0.2) is 0 Å². The second-order valence-corrected chi connectivity index (χ2v) is 5.54. The van der Waals surface area contributed by atoms with Gasteiger partial charge in [0.25, 0.3) is 0 Å². The Kier molecular flexibility index (Phi) is 4.04. The Morgan fingerprint density at radius 2 is 2.13 bits per heavy atom. The molecule has 88 valence electrons. The third kappa shape index (κ3) is 3.76. The summed E-state index contributed by atoms with van der Waals surface area (Å²) < 4.78 is 0. The zero-order valence-electron chi connectivity index (χ0n) is 10.3. The standard InChI is InChI=1S/C13H26N2/c1-3-4-11(2)14-13-7-8-15(10-13)9-12-5-6-12/h11-14H,3-10H2,1-2H3. The molecule has 2 aliphatic rings. The van der Waals surface area contributed by atoms with Crippen LogP contribution in [0.5, 0.6) is 0 Å². The van der Waals surface area contributed by atoms with Crippen molar-refractivity contribution in [2.45, 2.75) is 58.0 Å². The summed E-state index contributed by atoms with van der Waals surface area (Å²) in [6.07, 6.45) is 6.95. The Hall–Kier alpha value is -0.0800. The van der Waals surface area contributed by atoms with Crippen molar-refractivity contribution in [2.75, 3.05) is 19.6 Å². The first-order valence-corrected chi connectivity index (χ1v) is 6.76. The van der Waals surface area contributed by atoms with Gasteiger partial charge in [-0.25, -0.2) is 0 Å². The lowest BCUT2D eigenvalue weighted by Crippen LogP contribution is -2.38. The minimum absolute atomic E-state index is 0.709. The maximum Gasteiger partial charge on any atom is 0.0209 e. The molecule has 2 fully saturated rings. The molecular formula is C13H26N2. The van der Waals surface area contributed by atoms with E-state index in [-0.39, 0.29) is 0 Å². The summed E-state index contributed by atoms with van der Waals surface area (Å²) in [6.45, 7) is 8.59. The summed E-state index contributed by atoms with van der Waals surface area (Å²) in [5, 5.41) is 3.76. The molecule has 2 atom stereocenters. The lowest BCUT2D eigenvalue weighted by Gasteiger charge is -2.20. The van der Waals surface area contributed by atoms with E-state index in [1.54, 1.807) is 0 Å². The van der Waals surface area contributed by atoms with Gasteiger partial charge in [-0.2, -0.15) is 0 Å². The third-order valence-electron chi connectivity index (χ3n) is 3.73. The molecule has 2 unspecified atom stereocenters. The van der Waals surface area contributed by atoms with Crippen molar-refractivity contribution in [2.24, 2.45) is 5.92 Å². The molecule has 0 aromatic carbocycles. The smallest absolute Gasteiger partial charge is 0.0209 e. The number of rotatable bonds is 6. The van der Waals surface area contributed by atoms with E-state index in [2.05, 4.69) is 24.1 Å². The molecule has 2 heteroatoms. The lowest BCUT2D eigenvalue weighted by molar-refractivity contribution is 0.309. The first kappa shape index (κ1) is 11.4. The second kappa shape index (κ2) is 5.31. The molecule has 1 heterocycles. The summed E-state index contributed by atoms with van der Waals surface area (Å²) in [5.41, 5.74) is 0. The largest absolute Gasteiger partial charge is 0.310 e. The third-order valence-corrected chi connectivity index (χ3v) is 3.73. The van der Waals surface area contributed by atoms with E-state index in [0.717, 1.165) is 12.0 Å². The van der Waals surface area contributed by atoms with E-state index in [1.807, 2.05) is 0 Å². The molecule has 1 saturated carbocycles. The van der Waals surface area contributed by atoms with E-state index in [4.69, 9.17) is 0 Å². The molecule has 0 amide bonds. The van der Waals surface area contributed by atoms with Gasteiger partial charge in [-0.05, 0) is 45.1 Å². The predicted octanol–water partition coefficient (Wildman–Crippen LogP) is 2.25. The highest BCUT2D eigenvalue weighted by Crippen LogP contribution is 2.30. The van der Waals surface area contributed by atoms with Gasteiger partial charge in [-0.1, -0.05) is 13.3 Å². The summed E-state index contributed by atoms with van der Waals surface area (Å²) in [4.78, 5) is 2.66. The molecule has 15 heavy (non-hydrogen) atoms. The number of nitrogens with zero attached hydrogens (tertiary/aromatic N) is 1. The Bertz CT molecular complexity index is 189. The van der Waals surface area contributed by atoms with E-state index < -0.39 is 0 Å². The highest BCUT2D eigenvalue weighted by Gasteiger charge is 2.29. The van der Waals surface area contributed by atoms with Crippen molar-refractivity contribution in [1.29, 1.82) is 0 Å². The molecule has 2 nitrogen and oxygen atoms in total. The summed E-state index contributed by atoms with van der Waals surface area (Å²) in [6, 6.07) is 1.48. The van der Waals surface area contributed by atoms with Crippen molar-refractivity contribution in [1.82, 2.24) is 10.2 Å². The van der Waals surface area contributed by atoms with Crippen LogP contribution in [0.25, 0.3) is 0 Å². The number of hydrogen-bond acceptors (Lipinski definition) is 2. The van der Waals surface area contributed by atoms with Crippen LogP contribution in [0.15, 0.2) is 0 Å². The molecule has 0 spiro atoms. The van der Waals surface area contributed by atoms with Crippen LogP contribution in [0.1, 0.15) is 46.0 Å². The van der Waals surface area contributed by atoms with Crippen LogP contribution >= 0.6 is 0 Å². The molecule has 1 aliphatic heterocycles. The van der Waals surface area contributed by atoms with Crippen LogP contribution < -0.4 is 5.32 Å². The van der Waals surface area contributed by atoms with Crippen molar-refractivity contribution >= 4 is 0 Å². The maximum atomic E-state index is 3.76. The Labute approximate surface area is 94.4 Å². The Balaban J connectivity index is 1.62. The maximum absolute atomic E-state index is 3.76. The van der Waals surface area contributed by atoms with E-state index >= 15 is 0 Å². The molecule has 0 aromatic rings. The van der Waals surface area contributed by atoms with Crippen molar-refractivity contribution in [3.05, 3.63) is 0 Å². The van der Waals surface area contributed by atoms with Gasteiger partial charge in [0.05, 0.1) is 0 Å². The fraction of sp³-hybridized carbons (Fsp3) is 1.00. The highest BCUT2D eigenvalue weighted by molar-refractivity contribution is 4.86. The Morgan fingerprint density at radius 3 is 2.80 bits per heavy atom. The van der Waals surface area contributed by atoms with Gasteiger partial charge >= 0.3 is 0 Å². The van der Waals surface area contributed by atoms with Gasteiger partial charge in [0.2, 0.25) is 0 Å². The molecular weight excluding hydrogens is 184 g/mol. The van der Waals surface area contributed by atoms with Crippen LogP contribution in [-0.2, 0) is 0 Å². The zero-order valence-corrected chi connectivity index (χ0v) is 10.3. The topological polar surface area (TPSA) is 15.3 Å². The fourth-order valence-electron chi connectivity index (χ4n) is 2.72. The molecule has 0 aromatic heterocycles. The van der Waals surface area contributed by atoms with Crippen LogP contribution in [0.2, 0.25) is 0 Å². The minimum Gasteiger partial charge on any atom is -0.310 e. The average Bonchev–Trinajstić information content (AvgIpc) is 2.88. The number of likely N-dealkylation sites (tertiary alicyclic amines) is 1. The summed E-state index contributed by atoms with van der Waals surface area (Å²) in [5.74, 6) is 1.05. The van der Waals surface area contributed by atoms with Crippen molar-refractivity contribution < 1.29 is 0 Å². The molecule has 1 aliphatic carbocycles. The minimum atomic E-state index is 0.709. The van der Waals surface area contributed by atoms with Crippen molar-refractivity contribution in [3.8, 4) is 0 Å². The molecule has 0 radical (unpaired) electrons. The highest BCUT2D eigenvalue weighted by atomic mass is 15.2. The predicted molar refractivity (Wildman–Crippen MR) is 65.1 cm³/mol. The first-order chi connectivity index (χ1) is 7.28. The normalized spacial score (nSPS) is 29.6. The van der Waals surface area contributed by atoms with Crippen molar-refractivity contribution in [3.63, 3.8) is 0 Å². The Morgan fingerprint density at radius 1 is 1.33 bits per heavy atom. The first-order valence-electron chi connectivity index (χ1n) is 6.76. The van der Waals surface area contributed by atoms with E-state index in [1.165, 1.54) is 51.7 Å². The van der Waals surface area contributed by atoms with Gasteiger partial charge < -0.3 is 10.2 Å². The fourth-order valence-corrected chi connectivity index (χ4v) is 2.72. The second-order valence-electron chi connectivity index (χ2n) is 5.54. The van der Waals surface area contributed by atoms with Crippen LogP contribution in [0, 0.1) is 5.92 Å². The SMILES string of the molecule is CCCC(C)NC1CCN(CC2CC2)C1. The van der Waals surface area contributed by atoms with E-state index in [9.17, 15) is 0 Å². The molecule has 0 bridgehead atoms. The molecule has 1 N–H and O–H groups in total. The van der Waals surface area contributed by atoms with Crippen LogP contribution in [0.3, 0.4) is 0 Å². The number of hydrogen-bond donors (Lipinski definition) is 1. The lowest BCUT2D eigenvalue weighted by atomic mass is 10.1. The summed E-state index contributed by atoms with van der Waals surface area (Å²) in [7, 11) is 0. The average molecular weight is 210 g/mol. The van der Waals surface area contributed by atoms with Gasteiger partial charge in [-0.15, -0.1) is 0 Å². The number of nitrogens with one attached hydrogen (secondary N) is 1. The van der Waals surface area contributed by atoms with Gasteiger partial charge in [-0.3, -0.25) is 0 Å². The summed E-state index contributed by atoms with van der Waals surface area (Å²) >= 11 is 0. The zero-order chi connectivity index (χ0) is 10.7.